The number of fused-ring (bicyclic) bond motifs is 1. The Hall–Kier alpha value is -2.47. The summed E-state index contributed by atoms with van der Waals surface area (Å²) in [6, 6.07) is 8.44. The molecule has 0 saturated heterocycles. The van der Waals surface area contributed by atoms with E-state index in [1.54, 1.807) is 11.3 Å². The quantitative estimate of drug-likeness (QED) is 0.635. The van der Waals surface area contributed by atoms with Crippen molar-refractivity contribution >= 4 is 22.9 Å². The number of benzene rings is 1. The van der Waals surface area contributed by atoms with E-state index in [0.717, 1.165) is 30.6 Å². The monoisotopic (exact) mass is 381 g/mol. The first-order chi connectivity index (χ1) is 13.1. The summed E-state index contributed by atoms with van der Waals surface area (Å²) in [5.74, 6) is 1.64. The molecular formula is C21H23N3O2S. The number of aromatic nitrogens is 2. The molecule has 0 radical (unpaired) electrons. The van der Waals surface area contributed by atoms with Crippen LogP contribution in [0.1, 0.15) is 49.6 Å². The van der Waals surface area contributed by atoms with Gasteiger partial charge < -0.3 is 9.32 Å². The minimum absolute atomic E-state index is 0.114. The smallest absolute Gasteiger partial charge is 0.248 e. The number of nitrogens with zero attached hydrogens (tertiary/aromatic N) is 3. The summed E-state index contributed by atoms with van der Waals surface area (Å²) in [6.45, 7) is 5.17. The highest BCUT2D eigenvalue weighted by molar-refractivity contribution is 7.08. The lowest BCUT2D eigenvalue weighted by atomic mass is 9.94. The summed E-state index contributed by atoms with van der Waals surface area (Å²) in [4.78, 5) is 14.7. The van der Waals surface area contributed by atoms with Crippen molar-refractivity contribution in [3.05, 3.63) is 52.0 Å². The Bertz CT molecular complexity index is 931. The first kappa shape index (κ1) is 17.9. The topological polar surface area (TPSA) is 59.2 Å². The van der Waals surface area contributed by atoms with Crippen LogP contribution in [0.2, 0.25) is 0 Å². The molecule has 1 aromatic carbocycles. The van der Waals surface area contributed by atoms with E-state index < -0.39 is 0 Å². The minimum Gasteiger partial charge on any atom is -0.421 e. The second-order valence-electron chi connectivity index (χ2n) is 7.20. The number of hydrogen-bond acceptors (Lipinski definition) is 5. The van der Waals surface area contributed by atoms with Crippen molar-refractivity contribution in [2.45, 2.75) is 45.4 Å². The second-order valence-corrected chi connectivity index (χ2v) is 7.98. The van der Waals surface area contributed by atoms with E-state index in [1.807, 2.05) is 21.7 Å². The number of hydrogen-bond donors (Lipinski definition) is 0. The van der Waals surface area contributed by atoms with Crippen LogP contribution in [0.3, 0.4) is 0 Å². The van der Waals surface area contributed by atoms with Crippen molar-refractivity contribution in [2.24, 2.45) is 0 Å². The average Bonchev–Trinajstić information content (AvgIpc) is 3.36. The molecule has 0 fully saturated rings. The molecule has 2 aromatic heterocycles. The molecule has 0 atom stereocenters. The fraction of sp³-hybridized carbons (Fsp3) is 0.381. The number of rotatable bonds is 5. The zero-order chi connectivity index (χ0) is 18.8. The van der Waals surface area contributed by atoms with Gasteiger partial charge in [-0.1, -0.05) is 26.0 Å². The predicted molar refractivity (Wildman–Crippen MR) is 107 cm³/mol. The predicted octanol–water partition coefficient (Wildman–Crippen LogP) is 4.83. The van der Waals surface area contributed by atoms with Crippen molar-refractivity contribution in [2.75, 3.05) is 11.4 Å². The van der Waals surface area contributed by atoms with Gasteiger partial charge in [0, 0.05) is 36.0 Å². The normalized spacial score (nSPS) is 13.8. The van der Waals surface area contributed by atoms with Crippen LogP contribution in [0.5, 0.6) is 0 Å². The molecule has 3 heterocycles. The molecule has 3 aromatic rings. The summed E-state index contributed by atoms with van der Waals surface area (Å²) in [5, 5.41) is 12.1. The zero-order valence-corrected chi connectivity index (χ0v) is 16.5. The standard InChI is InChI=1S/C21H23N3O2S/c1-14(2)15-5-6-18-16(12-15)4-3-10-24(18)20(25)8-7-19-22-23-21(26-19)17-9-11-27-13-17/h5-6,9,11-14H,3-4,7-8,10H2,1-2H3. The number of thiophene rings is 1. The van der Waals surface area contributed by atoms with Crippen LogP contribution in [0.15, 0.2) is 39.4 Å². The van der Waals surface area contributed by atoms with Crippen LogP contribution in [-0.4, -0.2) is 22.6 Å². The molecule has 1 aliphatic heterocycles. The Morgan fingerprint density at radius 1 is 1.30 bits per heavy atom. The summed E-state index contributed by atoms with van der Waals surface area (Å²) in [5.41, 5.74) is 4.59. The maximum atomic E-state index is 12.8. The molecule has 0 bridgehead atoms. The lowest BCUT2D eigenvalue weighted by molar-refractivity contribution is -0.118. The summed E-state index contributed by atoms with van der Waals surface area (Å²) < 4.78 is 5.69. The minimum atomic E-state index is 0.114. The van der Waals surface area contributed by atoms with Crippen LogP contribution in [0.4, 0.5) is 5.69 Å². The number of amides is 1. The largest absolute Gasteiger partial charge is 0.421 e. The second kappa shape index (κ2) is 7.64. The van der Waals surface area contributed by atoms with Crippen molar-refractivity contribution in [1.29, 1.82) is 0 Å². The van der Waals surface area contributed by atoms with Crippen LogP contribution in [-0.2, 0) is 17.6 Å². The summed E-state index contributed by atoms with van der Waals surface area (Å²) in [6.07, 6.45) is 2.87. The van der Waals surface area contributed by atoms with E-state index in [2.05, 4.69) is 42.2 Å². The molecule has 27 heavy (non-hydrogen) atoms. The van der Waals surface area contributed by atoms with E-state index in [4.69, 9.17) is 4.42 Å². The van der Waals surface area contributed by atoms with Gasteiger partial charge in [-0.25, -0.2) is 0 Å². The molecule has 1 amide bonds. The van der Waals surface area contributed by atoms with Crippen LogP contribution < -0.4 is 4.90 Å². The molecule has 0 aliphatic carbocycles. The van der Waals surface area contributed by atoms with Gasteiger partial charge in [0.15, 0.2) is 0 Å². The van der Waals surface area contributed by atoms with Gasteiger partial charge in [-0.2, -0.15) is 11.3 Å². The first-order valence-corrected chi connectivity index (χ1v) is 10.3. The van der Waals surface area contributed by atoms with Gasteiger partial charge in [-0.3, -0.25) is 4.79 Å². The zero-order valence-electron chi connectivity index (χ0n) is 15.6. The van der Waals surface area contributed by atoms with E-state index in [1.165, 1.54) is 11.1 Å². The lowest BCUT2D eigenvalue weighted by Crippen LogP contribution is -2.35. The number of carbonyl (C=O) groups excluding carboxylic acids is 1. The van der Waals surface area contributed by atoms with Gasteiger partial charge in [0.2, 0.25) is 17.7 Å². The van der Waals surface area contributed by atoms with Gasteiger partial charge in [0.05, 0.1) is 0 Å². The SMILES string of the molecule is CC(C)c1ccc2c(c1)CCCN2C(=O)CCc1nnc(-c2ccsc2)o1. The Morgan fingerprint density at radius 3 is 2.96 bits per heavy atom. The summed E-state index contributed by atoms with van der Waals surface area (Å²) in [7, 11) is 0. The maximum Gasteiger partial charge on any atom is 0.248 e. The van der Waals surface area contributed by atoms with Gasteiger partial charge in [0.25, 0.3) is 0 Å². The summed E-state index contributed by atoms with van der Waals surface area (Å²) >= 11 is 1.59. The molecule has 140 valence electrons. The third-order valence-corrected chi connectivity index (χ3v) is 5.66. The Morgan fingerprint density at radius 2 is 2.19 bits per heavy atom. The molecule has 4 rings (SSSR count). The highest BCUT2D eigenvalue weighted by atomic mass is 32.1. The van der Waals surface area contributed by atoms with Gasteiger partial charge >= 0.3 is 0 Å². The van der Waals surface area contributed by atoms with Crippen molar-refractivity contribution in [3.8, 4) is 11.5 Å². The van der Waals surface area contributed by atoms with Gasteiger partial charge in [-0.15, -0.1) is 10.2 Å². The number of aryl methyl sites for hydroxylation is 2. The molecule has 1 aliphatic rings. The van der Waals surface area contributed by atoms with Gasteiger partial charge in [0.1, 0.15) is 0 Å². The molecule has 0 N–H and O–H groups in total. The Labute approximate surface area is 163 Å². The Kier molecular flexibility index (Phi) is 5.07. The molecule has 0 saturated carbocycles. The molecule has 0 unspecified atom stereocenters. The maximum absolute atomic E-state index is 12.8. The fourth-order valence-corrected chi connectivity index (χ4v) is 4.07. The van der Waals surface area contributed by atoms with E-state index in [0.29, 0.717) is 30.5 Å². The van der Waals surface area contributed by atoms with Crippen LogP contribution in [0.25, 0.3) is 11.5 Å². The highest BCUT2D eigenvalue weighted by Gasteiger charge is 2.23. The van der Waals surface area contributed by atoms with Crippen LogP contribution >= 0.6 is 11.3 Å². The van der Waals surface area contributed by atoms with Crippen molar-refractivity contribution in [3.63, 3.8) is 0 Å². The third kappa shape index (κ3) is 3.81. The number of carbonyl (C=O) groups is 1. The lowest BCUT2D eigenvalue weighted by Gasteiger charge is -2.30. The van der Waals surface area contributed by atoms with Crippen molar-refractivity contribution in [1.82, 2.24) is 10.2 Å². The molecular weight excluding hydrogens is 358 g/mol. The van der Waals surface area contributed by atoms with E-state index >= 15 is 0 Å². The average molecular weight is 382 g/mol. The molecule has 5 nitrogen and oxygen atoms in total. The molecule has 6 heteroatoms. The van der Waals surface area contributed by atoms with E-state index in [-0.39, 0.29) is 5.91 Å². The molecule has 0 spiro atoms. The van der Waals surface area contributed by atoms with E-state index in [9.17, 15) is 4.79 Å². The first-order valence-electron chi connectivity index (χ1n) is 9.40. The fourth-order valence-electron chi connectivity index (χ4n) is 3.44. The highest BCUT2D eigenvalue weighted by Crippen LogP contribution is 2.31. The third-order valence-electron chi connectivity index (χ3n) is 4.98. The van der Waals surface area contributed by atoms with Crippen LogP contribution in [0, 0.1) is 0 Å². The van der Waals surface area contributed by atoms with Gasteiger partial charge in [-0.05, 0) is 47.4 Å². The number of anilines is 1. The van der Waals surface area contributed by atoms with Crippen molar-refractivity contribution < 1.29 is 9.21 Å². The Balaban J connectivity index is 1.44.